The number of ether oxygens (including phenoxy) is 1. The number of rotatable bonds is 4. The molecule has 0 saturated carbocycles. The standard InChI is InChI=1S/C15H22N2O2/c1-3-4-12-5-7-13(8-6-12)17(2)15(18)14-11-16-9-10-19-14/h5-8,14,16H,3-4,9-11H2,1-2H3. The summed E-state index contributed by atoms with van der Waals surface area (Å²) >= 11 is 0. The molecule has 1 saturated heterocycles. The molecule has 104 valence electrons. The summed E-state index contributed by atoms with van der Waals surface area (Å²) in [7, 11) is 1.80. The van der Waals surface area contributed by atoms with Crippen LogP contribution in [-0.4, -0.2) is 38.8 Å². The summed E-state index contributed by atoms with van der Waals surface area (Å²) in [5.74, 6) is 0.00967. The highest BCUT2D eigenvalue weighted by Crippen LogP contribution is 2.16. The zero-order valence-corrected chi connectivity index (χ0v) is 11.7. The number of nitrogens with zero attached hydrogens (tertiary/aromatic N) is 1. The average molecular weight is 262 g/mol. The van der Waals surface area contributed by atoms with Crippen LogP contribution in [0.2, 0.25) is 0 Å². The van der Waals surface area contributed by atoms with Gasteiger partial charge in [-0.1, -0.05) is 25.5 Å². The minimum Gasteiger partial charge on any atom is -0.366 e. The molecule has 1 amide bonds. The van der Waals surface area contributed by atoms with Crippen molar-refractivity contribution in [1.29, 1.82) is 0 Å². The highest BCUT2D eigenvalue weighted by molar-refractivity contribution is 5.96. The Morgan fingerprint density at radius 1 is 1.42 bits per heavy atom. The van der Waals surface area contributed by atoms with Crippen LogP contribution in [0, 0.1) is 0 Å². The van der Waals surface area contributed by atoms with Crippen molar-refractivity contribution in [2.24, 2.45) is 0 Å². The molecule has 1 aliphatic heterocycles. The molecule has 19 heavy (non-hydrogen) atoms. The van der Waals surface area contributed by atoms with Crippen LogP contribution < -0.4 is 10.2 Å². The van der Waals surface area contributed by atoms with E-state index in [4.69, 9.17) is 4.74 Å². The first kappa shape index (κ1) is 14.0. The molecule has 1 aromatic carbocycles. The Balaban J connectivity index is 2.01. The van der Waals surface area contributed by atoms with E-state index in [2.05, 4.69) is 24.4 Å². The van der Waals surface area contributed by atoms with E-state index in [-0.39, 0.29) is 12.0 Å². The highest BCUT2D eigenvalue weighted by atomic mass is 16.5. The first-order chi connectivity index (χ1) is 9.22. The lowest BCUT2D eigenvalue weighted by atomic mass is 10.1. The lowest BCUT2D eigenvalue weighted by molar-refractivity contribution is -0.131. The third-order valence-electron chi connectivity index (χ3n) is 3.40. The number of carbonyl (C=O) groups is 1. The number of anilines is 1. The van der Waals surface area contributed by atoms with Crippen LogP contribution in [0.25, 0.3) is 0 Å². The van der Waals surface area contributed by atoms with Crippen molar-refractivity contribution < 1.29 is 9.53 Å². The molecule has 1 fully saturated rings. The topological polar surface area (TPSA) is 41.6 Å². The fourth-order valence-corrected chi connectivity index (χ4v) is 2.24. The lowest BCUT2D eigenvalue weighted by Gasteiger charge is -2.27. The predicted molar refractivity (Wildman–Crippen MR) is 76.5 cm³/mol. The van der Waals surface area contributed by atoms with Crippen LogP contribution in [0.15, 0.2) is 24.3 Å². The number of amides is 1. The van der Waals surface area contributed by atoms with Crippen molar-refractivity contribution in [1.82, 2.24) is 5.32 Å². The molecule has 1 aliphatic rings. The number of aryl methyl sites for hydroxylation is 1. The molecule has 1 aromatic rings. The van der Waals surface area contributed by atoms with Crippen molar-refractivity contribution in [2.75, 3.05) is 31.6 Å². The van der Waals surface area contributed by atoms with Crippen LogP contribution in [0.4, 0.5) is 5.69 Å². The smallest absolute Gasteiger partial charge is 0.257 e. The van der Waals surface area contributed by atoms with Crippen LogP contribution in [0.1, 0.15) is 18.9 Å². The van der Waals surface area contributed by atoms with Gasteiger partial charge in [0, 0.05) is 25.8 Å². The van der Waals surface area contributed by atoms with E-state index >= 15 is 0 Å². The fourth-order valence-electron chi connectivity index (χ4n) is 2.24. The zero-order valence-electron chi connectivity index (χ0n) is 11.7. The maximum absolute atomic E-state index is 12.3. The summed E-state index contributed by atoms with van der Waals surface area (Å²) < 4.78 is 5.49. The summed E-state index contributed by atoms with van der Waals surface area (Å²) in [5, 5.41) is 3.18. The Morgan fingerprint density at radius 2 is 2.16 bits per heavy atom. The van der Waals surface area contributed by atoms with Gasteiger partial charge in [-0.2, -0.15) is 0 Å². The molecule has 1 N–H and O–H groups in total. The number of hydrogen-bond acceptors (Lipinski definition) is 3. The van der Waals surface area contributed by atoms with Crippen molar-refractivity contribution >= 4 is 11.6 Å². The molecule has 4 nitrogen and oxygen atoms in total. The van der Waals surface area contributed by atoms with E-state index < -0.39 is 0 Å². The largest absolute Gasteiger partial charge is 0.366 e. The first-order valence-corrected chi connectivity index (χ1v) is 6.91. The summed E-state index contributed by atoms with van der Waals surface area (Å²) in [5.41, 5.74) is 2.22. The van der Waals surface area contributed by atoms with Crippen molar-refractivity contribution in [3.05, 3.63) is 29.8 Å². The van der Waals surface area contributed by atoms with Gasteiger partial charge >= 0.3 is 0 Å². The molecule has 2 rings (SSSR count). The van der Waals surface area contributed by atoms with Gasteiger partial charge < -0.3 is 15.0 Å². The van der Waals surface area contributed by atoms with E-state index in [1.165, 1.54) is 5.56 Å². The molecule has 0 bridgehead atoms. The maximum atomic E-state index is 12.3. The van der Waals surface area contributed by atoms with Gasteiger partial charge in [0.1, 0.15) is 6.10 Å². The number of carbonyl (C=O) groups excluding carboxylic acids is 1. The molecular weight excluding hydrogens is 240 g/mol. The molecule has 4 heteroatoms. The van der Waals surface area contributed by atoms with Gasteiger partial charge in [-0.15, -0.1) is 0 Å². The predicted octanol–water partition coefficient (Wildman–Crippen LogP) is 1.59. The molecule has 0 spiro atoms. The summed E-state index contributed by atoms with van der Waals surface area (Å²) in [6.45, 7) is 4.17. The molecule has 0 aliphatic carbocycles. The second-order valence-corrected chi connectivity index (χ2v) is 4.88. The van der Waals surface area contributed by atoms with E-state index in [0.29, 0.717) is 13.2 Å². The van der Waals surface area contributed by atoms with Gasteiger partial charge in [-0.25, -0.2) is 0 Å². The highest BCUT2D eigenvalue weighted by Gasteiger charge is 2.25. The Labute approximate surface area is 114 Å². The molecule has 0 radical (unpaired) electrons. The van der Waals surface area contributed by atoms with Gasteiger partial charge in [-0.05, 0) is 24.1 Å². The van der Waals surface area contributed by atoms with E-state index in [1.807, 2.05) is 12.1 Å². The fraction of sp³-hybridized carbons (Fsp3) is 0.533. The second kappa shape index (κ2) is 6.68. The zero-order chi connectivity index (χ0) is 13.7. The number of morpholine rings is 1. The second-order valence-electron chi connectivity index (χ2n) is 4.88. The Bertz CT molecular complexity index is 411. The van der Waals surface area contributed by atoms with Crippen molar-refractivity contribution in [3.8, 4) is 0 Å². The quantitative estimate of drug-likeness (QED) is 0.896. The number of likely N-dealkylation sites (N-methyl/N-ethyl adjacent to an activating group) is 1. The van der Waals surface area contributed by atoms with Crippen molar-refractivity contribution in [2.45, 2.75) is 25.9 Å². The third kappa shape index (κ3) is 3.55. The van der Waals surface area contributed by atoms with Crippen LogP contribution >= 0.6 is 0 Å². The third-order valence-corrected chi connectivity index (χ3v) is 3.40. The van der Waals surface area contributed by atoms with E-state index in [9.17, 15) is 4.79 Å². The Kier molecular flexibility index (Phi) is 4.93. The van der Waals surface area contributed by atoms with Crippen LogP contribution in [-0.2, 0) is 16.0 Å². The average Bonchev–Trinajstić information content (AvgIpc) is 2.48. The van der Waals surface area contributed by atoms with Gasteiger partial charge in [0.2, 0.25) is 0 Å². The molecule has 1 unspecified atom stereocenters. The van der Waals surface area contributed by atoms with Crippen LogP contribution in [0.3, 0.4) is 0 Å². The SMILES string of the molecule is CCCc1ccc(N(C)C(=O)C2CNCCO2)cc1. The lowest BCUT2D eigenvalue weighted by Crippen LogP contribution is -2.48. The summed E-state index contributed by atoms with van der Waals surface area (Å²) in [6, 6.07) is 8.17. The Morgan fingerprint density at radius 3 is 2.74 bits per heavy atom. The minimum absolute atomic E-state index is 0.00967. The number of benzene rings is 1. The summed E-state index contributed by atoms with van der Waals surface area (Å²) in [4.78, 5) is 13.9. The molecule has 1 atom stereocenters. The number of hydrogen-bond donors (Lipinski definition) is 1. The summed E-state index contributed by atoms with van der Waals surface area (Å²) in [6.07, 6.45) is 1.85. The molecular formula is C15H22N2O2. The van der Waals surface area contributed by atoms with Gasteiger partial charge in [0.15, 0.2) is 0 Å². The molecule has 1 heterocycles. The van der Waals surface area contributed by atoms with Crippen molar-refractivity contribution in [3.63, 3.8) is 0 Å². The van der Waals surface area contributed by atoms with E-state index in [0.717, 1.165) is 25.1 Å². The number of nitrogens with one attached hydrogen (secondary N) is 1. The monoisotopic (exact) mass is 262 g/mol. The van der Waals surface area contributed by atoms with E-state index in [1.54, 1.807) is 11.9 Å². The van der Waals surface area contributed by atoms with Crippen LogP contribution in [0.5, 0.6) is 0 Å². The van der Waals surface area contributed by atoms with Gasteiger partial charge in [0.25, 0.3) is 5.91 Å². The molecule has 0 aromatic heterocycles. The van der Waals surface area contributed by atoms with Gasteiger partial charge in [0.05, 0.1) is 6.61 Å². The minimum atomic E-state index is -0.367. The van der Waals surface area contributed by atoms with Gasteiger partial charge in [-0.3, -0.25) is 4.79 Å². The normalized spacial score (nSPS) is 19.2. The maximum Gasteiger partial charge on any atom is 0.257 e. The first-order valence-electron chi connectivity index (χ1n) is 6.91. The Hall–Kier alpha value is -1.39.